The average Bonchev–Trinajstić information content (AvgIpc) is 3.07. The molecule has 0 bridgehead atoms. The number of anilines is 1. The molecule has 190 valence electrons. The Morgan fingerprint density at radius 3 is 2.11 bits per heavy atom. The molecule has 0 aliphatic carbocycles. The summed E-state index contributed by atoms with van der Waals surface area (Å²) >= 11 is 0. The highest BCUT2D eigenvalue weighted by Crippen LogP contribution is 2.37. The van der Waals surface area contributed by atoms with Crippen molar-refractivity contribution in [3.8, 4) is 5.75 Å². The van der Waals surface area contributed by atoms with Gasteiger partial charge in [-0.1, -0.05) is 91.0 Å². The third kappa shape index (κ3) is 6.59. The van der Waals surface area contributed by atoms with Gasteiger partial charge in [-0.05, 0) is 52.8 Å². The molecule has 5 rings (SSSR count). The second-order valence-corrected chi connectivity index (χ2v) is 11.4. The number of sulfonamides is 1. The molecule has 5 nitrogen and oxygen atoms in total. The van der Waals surface area contributed by atoms with Crippen molar-refractivity contribution in [2.45, 2.75) is 32.0 Å². The van der Waals surface area contributed by atoms with E-state index in [1.165, 1.54) is 22.9 Å². The van der Waals surface area contributed by atoms with Crippen LogP contribution in [-0.4, -0.2) is 26.1 Å². The van der Waals surface area contributed by atoms with Crippen LogP contribution in [0.25, 0.3) is 0 Å². The number of nitrogens with one attached hydrogen (secondary N) is 1. The highest BCUT2D eigenvalue weighted by atomic mass is 32.2. The lowest BCUT2D eigenvalue weighted by Crippen LogP contribution is -2.30. The zero-order valence-electron chi connectivity index (χ0n) is 21.0. The summed E-state index contributed by atoms with van der Waals surface area (Å²) in [6.07, 6.45) is 2.81. The first kappa shape index (κ1) is 25.1. The van der Waals surface area contributed by atoms with Crippen LogP contribution in [0.15, 0.2) is 103 Å². The Morgan fingerprint density at radius 2 is 1.46 bits per heavy atom. The van der Waals surface area contributed by atoms with Crippen molar-refractivity contribution in [1.29, 1.82) is 0 Å². The van der Waals surface area contributed by atoms with E-state index in [0.29, 0.717) is 18.0 Å². The Morgan fingerprint density at radius 1 is 0.838 bits per heavy atom. The maximum absolute atomic E-state index is 12.2. The van der Waals surface area contributed by atoms with Crippen molar-refractivity contribution in [2.75, 3.05) is 17.5 Å². The molecule has 1 heterocycles. The third-order valence-corrected chi connectivity index (χ3v) is 7.36. The van der Waals surface area contributed by atoms with Crippen molar-refractivity contribution in [1.82, 2.24) is 4.90 Å². The summed E-state index contributed by atoms with van der Waals surface area (Å²) < 4.78 is 33.3. The van der Waals surface area contributed by atoms with Crippen molar-refractivity contribution >= 4 is 15.7 Å². The predicted octanol–water partition coefficient (Wildman–Crippen LogP) is 5.98. The number of rotatable bonds is 8. The number of nitrogens with zero attached hydrogens (tertiary/aromatic N) is 1. The normalized spacial score (nSPS) is 16.0. The van der Waals surface area contributed by atoms with Crippen LogP contribution < -0.4 is 9.46 Å². The third-order valence-electron chi connectivity index (χ3n) is 6.77. The molecule has 1 N–H and O–H groups in total. The fourth-order valence-electron chi connectivity index (χ4n) is 4.99. The molecule has 0 fully saturated rings. The minimum Gasteiger partial charge on any atom is -0.487 e. The van der Waals surface area contributed by atoms with E-state index in [2.05, 4.69) is 58.2 Å². The molecule has 1 aliphatic rings. The zero-order valence-corrected chi connectivity index (χ0v) is 21.8. The topological polar surface area (TPSA) is 58.6 Å². The Hall–Kier alpha value is -3.61. The van der Waals surface area contributed by atoms with E-state index >= 15 is 0 Å². The van der Waals surface area contributed by atoms with Crippen LogP contribution >= 0.6 is 0 Å². The van der Waals surface area contributed by atoms with Crippen LogP contribution in [0.4, 0.5) is 5.69 Å². The summed E-state index contributed by atoms with van der Waals surface area (Å²) in [5.41, 5.74) is 6.39. The van der Waals surface area contributed by atoms with Crippen molar-refractivity contribution in [3.05, 3.63) is 131 Å². The van der Waals surface area contributed by atoms with Gasteiger partial charge in [0.25, 0.3) is 0 Å². The molecular weight excluding hydrogens is 480 g/mol. The summed E-state index contributed by atoms with van der Waals surface area (Å²) in [6.45, 7) is 2.10. The van der Waals surface area contributed by atoms with Gasteiger partial charge in [0.05, 0.1) is 11.9 Å². The first-order valence-corrected chi connectivity index (χ1v) is 14.5. The molecular formula is C31H32N2O3S. The van der Waals surface area contributed by atoms with Crippen LogP contribution in [0, 0.1) is 0 Å². The van der Waals surface area contributed by atoms with Crippen LogP contribution in [0.5, 0.6) is 5.75 Å². The minimum atomic E-state index is -3.48. The molecule has 1 atom stereocenters. The largest absolute Gasteiger partial charge is 0.487 e. The van der Waals surface area contributed by atoms with Gasteiger partial charge in [0.1, 0.15) is 12.4 Å². The molecule has 4 aromatic carbocycles. The maximum atomic E-state index is 12.2. The van der Waals surface area contributed by atoms with Gasteiger partial charge in [-0.3, -0.25) is 9.62 Å². The molecule has 0 saturated heterocycles. The Balaban J connectivity index is 1.50. The van der Waals surface area contributed by atoms with Gasteiger partial charge in [-0.15, -0.1) is 0 Å². The second kappa shape index (κ2) is 11.2. The standard InChI is InChI=1S/C31H32N2O3S/c1-37(34,35)32-29-19-28-20-30(26-15-9-4-10-16-26)33(22-24-11-5-2-6-12-24)18-17-27(28)21-31(29)36-23-25-13-7-3-8-14-25/h2-16,19,21,30,32H,17-18,20,22-23H2,1H3. The zero-order chi connectivity index (χ0) is 25.7. The van der Waals surface area contributed by atoms with E-state index in [9.17, 15) is 8.42 Å². The number of benzene rings is 4. The van der Waals surface area contributed by atoms with Gasteiger partial charge in [-0.2, -0.15) is 0 Å². The molecule has 0 amide bonds. The van der Waals surface area contributed by atoms with Gasteiger partial charge in [0.15, 0.2) is 0 Å². The number of ether oxygens (including phenoxy) is 1. The van der Waals surface area contributed by atoms with Gasteiger partial charge >= 0.3 is 0 Å². The lowest BCUT2D eigenvalue weighted by molar-refractivity contribution is 0.195. The van der Waals surface area contributed by atoms with E-state index in [-0.39, 0.29) is 6.04 Å². The van der Waals surface area contributed by atoms with E-state index < -0.39 is 10.0 Å². The van der Waals surface area contributed by atoms with Crippen LogP contribution in [0.1, 0.15) is 33.9 Å². The fourth-order valence-corrected chi connectivity index (χ4v) is 5.55. The Bertz CT molecular complexity index is 1430. The second-order valence-electron chi connectivity index (χ2n) is 9.60. The van der Waals surface area contributed by atoms with Crippen LogP contribution in [-0.2, 0) is 36.0 Å². The molecule has 0 spiro atoms. The number of hydrogen-bond donors (Lipinski definition) is 1. The highest BCUT2D eigenvalue weighted by Gasteiger charge is 2.27. The van der Waals surface area contributed by atoms with Crippen molar-refractivity contribution in [3.63, 3.8) is 0 Å². The molecule has 0 aromatic heterocycles. The summed E-state index contributed by atoms with van der Waals surface area (Å²) in [5.74, 6) is 0.556. The minimum absolute atomic E-state index is 0.171. The Kier molecular flexibility index (Phi) is 7.58. The summed E-state index contributed by atoms with van der Waals surface area (Å²) in [6, 6.07) is 35.2. The van der Waals surface area contributed by atoms with Crippen molar-refractivity contribution < 1.29 is 13.2 Å². The first-order valence-electron chi connectivity index (χ1n) is 12.6. The van der Waals surface area contributed by atoms with E-state index in [1.54, 1.807) is 0 Å². The summed E-state index contributed by atoms with van der Waals surface area (Å²) in [5, 5.41) is 0. The van der Waals surface area contributed by atoms with Crippen LogP contribution in [0.3, 0.4) is 0 Å². The van der Waals surface area contributed by atoms with E-state index in [0.717, 1.165) is 37.1 Å². The monoisotopic (exact) mass is 512 g/mol. The lowest BCUT2D eigenvalue weighted by Gasteiger charge is -2.30. The van der Waals surface area contributed by atoms with Gasteiger partial charge < -0.3 is 4.74 Å². The molecule has 1 aliphatic heterocycles. The molecule has 4 aromatic rings. The summed E-state index contributed by atoms with van der Waals surface area (Å²) in [4.78, 5) is 2.53. The fraction of sp³-hybridized carbons (Fsp3) is 0.226. The summed E-state index contributed by atoms with van der Waals surface area (Å²) in [7, 11) is -3.48. The molecule has 6 heteroatoms. The first-order chi connectivity index (χ1) is 17.9. The van der Waals surface area contributed by atoms with Gasteiger partial charge in [-0.25, -0.2) is 8.42 Å². The Labute approximate surface area is 219 Å². The smallest absolute Gasteiger partial charge is 0.229 e. The van der Waals surface area contributed by atoms with Gasteiger partial charge in [0, 0.05) is 19.1 Å². The predicted molar refractivity (Wildman–Crippen MR) is 149 cm³/mol. The highest BCUT2D eigenvalue weighted by molar-refractivity contribution is 7.92. The SMILES string of the molecule is CS(=O)(=O)Nc1cc2c(cc1OCc1ccccc1)CCN(Cc1ccccc1)C(c1ccccc1)C2. The molecule has 0 saturated carbocycles. The maximum Gasteiger partial charge on any atom is 0.229 e. The molecule has 1 unspecified atom stereocenters. The number of hydrogen-bond acceptors (Lipinski definition) is 4. The quantitative estimate of drug-likeness (QED) is 0.316. The molecule has 37 heavy (non-hydrogen) atoms. The number of fused-ring (bicyclic) bond motifs is 1. The van der Waals surface area contributed by atoms with Gasteiger partial charge in [0.2, 0.25) is 10.0 Å². The van der Waals surface area contributed by atoms with Crippen LogP contribution in [0.2, 0.25) is 0 Å². The van der Waals surface area contributed by atoms with Crippen molar-refractivity contribution in [2.24, 2.45) is 0 Å². The van der Waals surface area contributed by atoms with E-state index in [4.69, 9.17) is 4.74 Å². The van der Waals surface area contributed by atoms with E-state index in [1.807, 2.05) is 54.6 Å². The lowest BCUT2D eigenvalue weighted by atomic mass is 9.95. The average molecular weight is 513 g/mol. The molecule has 0 radical (unpaired) electrons.